The average Bonchev–Trinajstić information content (AvgIpc) is 3.08. The summed E-state index contributed by atoms with van der Waals surface area (Å²) in [6, 6.07) is 14.7. The number of aryl methyl sites for hydroxylation is 1. The molecule has 3 rings (SSSR count). The van der Waals surface area contributed by atoms with Crippen LogP contribution in [-0.4, -0.2) is 27.7 Å². The highest BCUT2D eigenvalue weighted by molar-refractivity contribution is 5.99. The van der Waals surface area contributed by atoms with E-state index >= 15 is 0 Å². The van der Waals surface area contributed by atoms with Crippen LogP contribution >= 0.6 is 0 Å². The highest BCUT2D eigenvalue weighted by atomic mass is 16.3. The number of anilines is 1. The molecule has 0 unspecified atom stereocenters. The molecular weight excluding hydrogens is 392 g/mol. The zero-order valence-electron chi connectivity index (χ0n) is 17.7. The monoisotopic (exact) mass is 420 g/mol. The van der Waals surface area contributed by atoms with E-state index in [-0.39, 0.29) is 17.6 Å². The van der Waals surface area contributed by atoms with Crippen LogP contribution < -0.4 is 10.7 Å². The van der Waals surface area contributed by atoms with Crippen molar-refractivity contribution in [2.75, 3.05) is 5.32 Å². The number of rotatable bonds is 10. The third-order valence-corrected chi connectivity index (χ3v) is 5.06. The van der Waals surface area contributed by atoms with E-state index in [1.54, 1.807) is 24.4 Å². The number of unbranched alkanes of at least 4 members (excludes halogenated alkanes) is 3. The topological polar surface area (TPSA) is 95.7 Å². The summed E-state index contributed by atoms with van der Waals surface area (Å²) in [4.78, 5) is 23.9. The molecule has 0 saturated heterocycles. The molecular formula is C24H28N4O3. The molecule has 3 aromatic rings. The summed E-state index contributed by atoms with van der Waals surface area (Å²) in [5.74, 6) is -0.180. The standard InChI is InChI=1S/C24H28N4O3/c1-28-17-18(19-10-6-8-12-21(19)28)16-25-27-24(31)15-5-3-2-4-14-23(30)26-20-11-7-9-13-22(20)29/h6-13,16-17,29H,2-5,14-15H2,1H3,(H,26,30)(H,27,31). The smallest absolute Gasteiger partial charge is 0.240 e. The van der Waals surface area contributed by atoms with E-state index in [0.29, 0.717) is 18.5 Å². The molecule has 31 heavy (non-hydrogen) atoms. The molecule has 3 N–H and O–H groups in total. The van der Waals surface area contributed by atoms with Gasteiger partial charge in [0, 0.05) is 42.6 Å². The summed E-state index contributed by atoms with van der Waals surface area (Å²) in [5, 5.41) is 17.5. The Balaban J connectivity index is 1.29. The molecule has 1 aromatic heterocycles. The number of amides is 2. The second-order valence-electron chi connectivity index (χ2n) is 7.49. The van der Waals surface area contributed by atoms with Crippen molar-refractivity contribution in [3.8, 4) is 5.75 Å². The first-order chi connectivity index (χ1) is 15.0. The van der Waals surface area contributed by atoms with Crippen LogP contribution in [0.3, 0.4) is 0 Å². The summed E-state index contributed by atoms with van der Waals surface area (Å²) in [7, 11) is 1.98. The molecule has 0 bridgehead atoms. The summed E-state index contributed by atoms with van der Waals surface area (Å²) >= 11 is 0. The Morgan fingerprint density at radius 3 is 2.42 bits per heavy atom. The number of phenols is 1. The van der Waals surface area contributed by atoms with Crippen molar-refractivity contribution in [1.29, 1.82) is 0 Å². The quantitative estimate of drug-likeness (QED) is 0.197. The van der Waals surface area contributed by atoms with Crippen LogP contribution in [0, 0.1) is 0 Å². The number of hydrogen-bond acceptors (Lipinski definition) is 4. The molecule has 7 heteroatoms. The molecule has 0 fully saturated rings. The zero-order chi connectivity index (χ0) is 22.1. The normalized spacial score (nSPS) is 11.1. The fourth-order valence-electron chi connectivity index (χ4n) is 3.42. The largest absolute Gasteiger partial charge is 0.506 e. The van der Waals surface area contributed by atoms with Gasteiger partial charge in [-0.15, -0.1) is 0 Å². The number of hydrazone groups is 1. The van der Waals surface area contributed by atoms with Crippen LogP contribution in [-0.2, 0) is 16.6 Å². The third kappa shape index (κ3) is 6.44. The van der Waals surface area contributed by atoms with E-state index in [1.165, 1.54) is 6.07 Å². The van der Waals surface area contributed by atoms with Gasteiger partial charge in [-0.05, 0) is 31.0 Å². The Bertz CT molecular complexity index is 1070. The van der Waals surface area contributed by atoms with Crippen LogP contribution in [0.1, 0.15) is 44.1 Å². The lowest BCUT2D eigenvalue weighted by molar-refractivity contribution is -0.121. The Morgan fingerprint density at radius 2 is 1.65 bits per heavy atom. The maximum atomic E-state index is 12.0. The maximum absolute atomic E-state index is 12.0. The second kappa shape index (κ2) is 11.0. The van der Waals surface area contributed by atoms with Crippen LogP contribution in [0.5, 0.6) is 5.75 Å². The van der Waals surface area contributed by atoms with E-state index in [4.69, 9.17) is 0 Å². The number of hydrogen-bond donors (Lipinski definition) is 3. The lowest BCUT2D eigenvalue weighted by atomic mass is 10.1. The molecule has 0 radical (unpaired) electrons. The number of carbonyl (C=O) groups excluding carboxylic acids is 2. The molecule has 2 amide bonds. The van der Waals surface area contributed by atoms with Crippen LogP contribution in [0.4, 0.5) is 5.69 Å². The third-order valence-electron chi connectivity index (χ3n) is 5.06. The number of carbonyl (C=O) groups is 2. The summed E-state index contributed by atoms with van der Waals surface area (Å²) in [6.45, 7) is 0. The van der Waals surface area contributed by atoms with E-state index < -0.39 is 0 Å². The van der Waals surface area contributed by atoms with Crippen LogP contribution in [0.2, 0.25) is 0 Å². The Morgan fingerprint density at radius 1 is 0.968 bits per heavy atom. The van der Waals surface area contributed by atoms with Gasteiger partial charge in [-0.1, -0.05) is 43.2 Å². The number of nitrogens with one attached hydrogen (secondary N) is 2. The average molecular weight is 421 g/mol. The molecule has 2 aromatic carbocycles. The van der Waals surface area contributed by atoms with Crippen molar-refractivity contribution in [2.45, 2.75) is 38.5 Å². The minimum absolute atomic E-state index is 0.0602. The van der Waals surface area contributed by atoms with Crippen molar-refractivity contribution in [2.24, 2.45) is 12.1 Å². The molecule has 0 aliphatic heterocycles. The molecule has 0 spiro atoms. The highest BCUT2D eigenvalue weighted by Gasteiger charge is 2.06. The number of fused-ring (bicyclic) bond motifs is 1. The number of aromatic nitrogens is 1. The van der Waals surface area contributed by atoms with E-state index in [1.807, 2.05) is 42.1 Å². The second-order valence-corrected chi connectivity index (χ2v) is 7.49. The maximum Gasteiger partial charge on any atom is 0.240 e. The first-order valence-corrected chi connectivity index (χ1v) is 10.5. The highest BCUT2D eigenvalue weighted by Crippen LogP contribution is 2.22. The Kier molecular flexibility index (Phi) is 7.81. The minimum Gasteiger partial charge on any atom is -0.506 e. The van der Waals surface area contributed by atoms with Gasteiger partial charge in [-0.25, -0.2) is 5.43 Å². The SMILES string of the molecule is Cn1cc(C=NNC(=O)CCCCCCC(=O)Nc2ccccc2O)c2ccccc21. The number of nitrogens with zero attached hydrogens (tertiary/aromatic N) is 2. The predicted octanol–water partition coefficient (Wildman–Crippen LogP) is 4.31. The van der Waals surface area contributed by atoms with Gasteiger partial charge >= 0.3 is 0 Å². The van der Waals surface area contributed by atoms with Gasteiger partial charge in [0.15, 0.2) is 0 Å². The van der Waals surface area contributed by atoms with E-state index in [0.717, 1.165) is 42.1 Å². The van der Waals surface area contributed by atoms with Gasteiger partial charge in [0.25, 0.3) is 0 Å². The van der Waals surface area contributed by atoms with Crippen LogP contribution in [0.25, 0.3) is 10.9 Å². The zero-order valence-corrected chi connectivity index (χ0v) is 17.7. The van der Waals surface area contributed by atoms with Crippen molar-refractivity contribution in [3.63, 3.8) is 0 Å². The fraction of sp³-hybridized carbons (Fsp3) is 0.292. The van der Waals surface area contributed by atoms with E-state index in [9.17, 15) is 14.7 Å². The van der Waals surface area contributed by atoms with Gasteiger partial charge in [-0.2, -0.15) is 5.10 Å². The molecule has 0 aliphatic carbocycles. The van der Waals surface area contributed by atoms with Gasteiger partial charge in [0.05, 0.1) is 11.9 Å². The summed E-state index contributed by atoms with van der Waals surface area (Å²) in [5.41, 5.74) is 5.08. The van der Waals surface area contributed by atoms with E-state index in [2.05, 4.69) is 15.8 Å². The van der Waals surface area contributed by atoms with Crippen LogP contribution in [0.15, 0.2) is 59.8 Å². The Hall–Kier alpha value is -3.61. The number of aromatic hydroxyl groups is 1. The predicted molar refractivity (Wildman–Crippen MR) is 123 cm³/mol. The first-order valence-electron chi connectivity index (χ1n) is 10.5. The molecule has 162 valence electrons. The van der Waals surface area contributed by atoms with Crippen molar-refractivity contribution in [3.05, 3.63) is 60.3 Å². The summed E-state index contributed by atoms with van der Waals surface area (Å²) < 4.78 is 2.03. The van der Waals surface area contributed by atoms with Crippen molar-refractivity contribution >= 4 is 34.6 Å². The van der Waals surface area contributed by atoms with Crippen molar-refractivity contribution < 1.29 is 14.7 Å². The van der Waals surface area contributed by atoms with Crippen molar-refractivity contribution in [1.82, 2.24) is 9.99 Å². The Labute approximate surface area is 181 Å². The van der Waals surface area contributed by atoms with Gasteiger partial charge in [0.1, 0.15) is 5.75 Å². The molecule has 0 saturated carbocycles. The van der Waals surface area contributed by atoms with Gasteiger partial charge in [0.2, 0.25) is 11.8 Å². The lowest BCUT2D eigenvalue weighted by Gasteiger charge is -2.06. The number of benzene rings is 2. The number of para-hydroxylation sites is 3. The molecule has 0 atom stereocenters. The first kappa shape index (κ1) is 22.1. The minimum atomic E-state index is -0.123. The van der Waals surface area contributed by atoms with Gasteiger partial charge in [-0.3, -0.25) is 9.59 Å². The number of phenolic OH excluding ortho intramolecular Hbond substituents is 1. The molecule has 0 aliphatic rings. The summed E-state index contributed by atoms with van der Waals surface area (Å²) in [6.07, 6.45) is 7.65. The van der Waals surface area contributed by atoms with Gasteiger partial charge < -0.3 is 15.0 Å². The molecule has 1 heterocycles. The lowest BCUT2D eigenvalue weighted by Crippen LogP contribution is -2.16. The molecule has 7 nitrogen and oxygen atoms in total. The fourth-order valence-corrected chi connectivity index (χ4v) is 3.42.